The number of halogens is 2. The second-order valence-electron chi connectivity index (χ2n) is 4.97. The SMILES string of the molecule is CCCC#Cc1ccc(-c2nc(C(=O)OC)c(Cl)c(N)c2F)cc1. The largest absolute Gasteiger partial charge is 0.464 e. The Bertz CT molecular complexity index is 824. The van der Waals surface area contributed by atoms with Gasteiger partial charge < -0.3 is 10.5 Å². The van der Waals surface area contributed by atoms with E-state index in [1.165, 1.54) is 7.11 Å². The second-order valence-corrected chi connectivity index (χ2v) is 5.35. The van der Waals surface area contributed by atoms with Crippen LogP contribution in [0, 0.1) is 17.7 Å². The molecule has 1 aromatic heterocycles. The molecule has 1 heterocycles. The Morgan fingerprint density at radius 2 is 2.04 bits per heavy atom. The molecule has 1 aromatic carbocycles. The van der Waals surface area contributed by atoms with Gasteiger partial charge in [0, 0.05) is 17.5 Å². The number of unbranched alkanes of at least 4 members (excludes halogenated alkanes) is 1. The molecule has 0 saturated carbocycles. The van der Waals surface area contributed by atoms with Crippen molar-refractivity contribution in [3.8, 4) is 23.1 Å². The second kappa shape index (κ2) is 7.80. The van der Waals surface area contributed by atoms with Crippen LogP contribution in [0.5, 0.6) is 0 Å². The first-order valence-electron chi connectivity index (χ1n) is 7.31. The third-order valence-corrected chi connectivity index (χ3v) is 3.64. The van der Waals surface area contributed by atoms with Crippen molar-refractivity contribution < 1.29 is 13.9 Å². The number of benzene rings is 1. The Kier molecular flexibility index (Phi) is 5.78. The minimum absolute atomic E-state index is 0.0645. The first kappa shape index (κ1) is 17.8. The van der Waals surface area contributed by atoms with E-state index in [1.807, 2.05) is 0 Å². The normalized spacial score (nSPS) is 10.0. The van der Waals surface area contributed by atoms with E-state index in [0.717, 1.165) is 18.4 Å². The Morgan fingerprint density at radius 1 is 1.38 bits per heavy atom. The lowest BCUT2D eigenvalue weighted by molar-refractivity contribution is 0.0594. The molecule has 0 unspecified atom stereocenters. The molecule has 0 atom stereocenters. The van der Waals surface area contributed by atoms with Gasteiger partial charge in [0.05, 0.1) is 17.8 Å². The van der Waals surface area contributed by atoms with Crippen molar-refractivity contribution in [3.05, 3.63) is 46.4 Å². The zero-order chi connectivity index (χ0) is 17.7. The summed E-state index contributed by atoms with van der Waals surface area (Å²) in [6.45, 7) is 2.05. The number of pyridine rings is 1. The molecule has 2 aromatic rings. The number of ether oxygens (including phenoxy) is 1. The van der Waals surface area contributed by atoms with Crippen molar-refractivity contribution in [1.82, 2.24) is 4.98 Å². The Morgan fingerprint density at radius 3 is 2.62 bits per heavy atom. The fraction of sp³-hybridized carbons (Fsp3) is 0.222. The molecule has 4 nitrogen and oxygen atoms in total. The number of nitrogens with zero attached hydrogens (tertiary/aromatic N) is 1. The molecule has 0 amide bonds. The van der Waals surface area contributed by atoms with Crippen LogP contribution < -0.4 is 5.73 Å². The smallest absolute Gasteiger partial charge is 0.358 e. The van der Waals surface area contributed by atoms with E-state index in [0.29, 0.717) is 5.56 Å². The average Bonchev–Trinajstić information content (AvgIpc) is 2.60. The van der Waals surface area contributed by atoms with Crippen LogP contribution in [0.15, 0.2) is 24.3 Å². The molecule has 2 rings (SSSR count). The van der Waals surface area contributed by atoms with E-state index in [-0.39, 0.29) is 22.1 Å². The van der Waals surface area contributed by atoms with Gasteiger partial charge in [-0.05, 0) is 18.6 Å². The van der Waals surface area contributed by atoms with E-state index < -0.39 is 11.8 Å². The summed E-state index contributed by atoms with van der Waals surface area (Å²) in [5.41, 5.74) is 6.29. The van der Waals surface area contributed by atoms with Crippen molar-refractivity contribution in [2.75, 3.05) is 12.8 Å². The maximum absolute atomic E-state index is 14.4. The van der Waals surface area contributed by atoms with E-state index in [1.54, 1.807) is 24.3 Å². The molecule has 0 bridgehead atoms. The van der Waals surface area contributed by atoms with Crippen LogP contribution in [-0.4, -0.2) is 18.1 Å². The molecule has 0 radical (unpaired) electrons. The topological polar surface area (TPSA) is 65.2 Å². The van der Waals surface area contributed by atoms with E-state index in [2.05, 4.69) is 28.5 Å². The van der Waals surface area contributed by atoms with E-state index in [4.69, 9.17) is 17.3 Å². The van der Waals surface area contributed by atoms with Gasteiger partial charge in [0.25, 0.3) is 0 Å². The van der Waals surface area contributed by atoms with Crippen LogP contribution in [0.2, 0.25) is 5.02 Å². The molecule has 124 valence electrons. The van der Waals surface area contributed by atoms with Crippen molar-refractivity contribution in [2.24, 2.45) is 0 Å². The predicted octanol–water partition coefficient (Wildman–Crippen LogP) is 4.06. The number of nitrogen functional groups attached to an aromatic ring is 1. The van der Waals surface area contributed by atoms with Crippen molar-refractivity contribution >= 4 is 23.3 Å². The van der Waals surface area contributed by atoms with Gasteiger partial charge in [0.2, 0.25) is 0 Å². The first-order chi connectivity index (χ1) is 11.5. The minimum Gasteiger partial charge on any atom is -0.464 e. The number of carbonyl (C=O) groups excluding carboxylic acids is 1. The van der Waals surface area contributed by atoms with Crippen molar-refractivity contribution in [2.45, 2.75) is 19.8 Å². The number of hydrogen-bond donors (Lipinski definition) is 1. The standard InChI is InChI=1S/C18H16ClFN2O2/c1-3-4-5-6-11-7-9-12(10-8-11)16-14(20)15(21)13(19)17(22-16)18(23)24-2/h7-10H,3-4H2,1-2H3,(H2,21,22). The summed E-state index contributed by atoms with van der Waals surface area (Å²) in [6, 6.07) is 6.83. The fourth-order valence-corrected chi connectivity index (χ4v) is 2.19. The maximum Gasteiger partial charge on any atom is 0.358 e. The number of rotatable bonds is 3. The van der Waals surface area contributed by atoms with Crippen LogP contribution in [-0.2, 0) is 4.74 Å². The molecular formula is C18H16ClFN2O2. The summed E-state index contributed by atoms with van der Waals surface area (Å²) in [5.74, 6) is 4.48. The summed E-state index contributed by atoms with van der Waals surface area (Å²) >= 11 is 5.88. The number of esters is 1. The quantitative estimate of drug-likeness (QED) is 0.672. The minimum atomic E-state index is -0.782. The van der Waals surface area contributed by atoms with Gasteiger partial charge in [-0.3, -0.25) is 0 Å². The Labute approximate surface area is 144 Å². The number of carbonyl (C=O) groups is 1. The number of methoxy groups -OCH3 is 1. The summed E-state index contributed by atoms with van der Waals surface area (Å²) in [6.07, 6.45) is 1.80. The van der Waals surface area contributed by atoms with Gasteiger partial charge in [-0.25, -0.2) is 14.2 Å². The molecule has 24 heavy (non-hydrogen) atoms. The zero-order valence-electron chi connectivity index (χ0n) is 13.3. The van der Waals surface area contributed by atoms with Crippen LogP contribution in [0.3, 0.4) is 0 Å². The lowest BCUT2D eigenvalue weighted by Crippen LogP contribution is -2.10. The highest BCUT2D eigenvalue weighted by Crippen LogP contribution is 2.32. The van der Waals surface area contributed by atoms with Gasteiger partial charge in [0.1, 0.15) is 5.69 Å². The molecule has 0 aliphatic rings. The number of nitrogens with two attached hydrogens (primary N) is 1. The monoisotopic (exact) mass is 346 g/mol. The third kappa shape index (κ3) is 3.66. The van der Waals surface area contributed by atoms with Gasteiger partial charge in [-0.15, -0.1) is 0 Å². The highest BCUT2D eigenvalue weighted by atomic mass is 35.5. The molecule has 0 fully saturated rings. The molecule has 0 spiro atoms. The average molecular weight is 347 g/mol. The van der Waals surface area contributed by atoms with Crippen molar-refractivity contribution in [3.63, 3.8) is 0 Å². The maximum atomic E-state index is 14.4. The van der Waals surface area contributed by atoms with E-state index >= 15 is 0 Å². The highest BCUT2D eigenvalue weighted by molar-refractivity contribution is 6.35. The number of aromatic nitrogens is 1. The summed E-state index contributed by atoms with van der Waals surface area (Å²) in [5, 5.41) is -0.259. The molecule has 0 aliphatic heterocycles. The molecule has 0 aliphatic carbocycles. The summed E-state index contributed by atoms with van der Waals surface area (Å²) in [4.78, 5) is 15.7. The van der Waals surface area contributed by atoms with Crippen LogP contribution in [0.4, 0.5) is 10.1 Å². The predicted molar refractivity (Wildman–Crippen MR) is 92.2 cm³/mol. The Hall–Kier alpha value is -2.58. The Balaban J connectivity index is 2.47. The molecular weight excluding hydrogens is 331 g/mol. The van der Waals surface area contributed by atoms with Gasteiger partial charge in [-0.2, -0.15) is 0 Å². The lowest BCUT2D eigenvalue weighted by atomic mass is 10.1. The van der Waals surface area contributed by atoms with Gasteiger partial charge in [0.15, 0.2) is 11.5 Å². The summed E-state index contributed by atoms with van der Waals surface area (Å²) in [7, 11) is 1.18. The third-order valence-electron chi connectivity index (χ3n) is 3.26. The molecule has 6 heteroatoms. The van der Waals surface area contributed by atoms with Gasteiger partial charge >= 0.3 is 5.97 Å². The van der Waals surface area contributed by atoms with Crippen molar-refractivity contribution in [1.29, 1.82) is 0 Å². The van der Waals surface area contributed by atoms with Gasteiger partial charge in [-0.1, -0.05) is 42.5 Å². The zero-order valence-corrected chi connectivity index (χ0v) is 14.1. The van der Waals surface area contributed by atoms with Crippen LogP contribution >= 0.6 is 11.6 Å². The number of anilines is 1. The molecule has 2 N–H and O–H groups in total. The van der Waals surface area contributed by atoms with Crippen LogP contribution in [0.25, 0.3) is 11.3 Å². The number of hydrogen-bond acceptors (Lipinski definition) is 4. The van der Waals surface area contributed by atoms with E-state index in [9.17, 15) is 9.18 Å². The lowest BCUT2D eigenvalue weighted by Gasteiger charge is -2.10. The molecule has 0 saturated heterocycles. The summed E-state index contributed by atoms with van der Waals surface area (Å²) < 4.78 is 19.0. The first-order valence-corrected chi connectivity index (χ1v) is 7.69. The highest BCUT2D eigenvalue weighted by Gasteiger charge is 2.22. The van der Waals surface area contributed by atoms with Crippen LogP contribution in [0.1, 0.15) is 35.8 Å². The fourth-order valence-electron chi connectivity index (χ4n) is 1.99.